The zero-order valence-corrected chi connectivity index (χ0v) is 20.9. The molecule has 0 unspecified atom stereocenters. The van der Waals surface area contributed by atoms with Crippen molar-refractivity contribution >= 4 is 56.6 Å². The molecule has 1 amide bonds. The van der Waals surface area contributed by atoms with Crippen molar-refractivity contribution in [1.82, 2.24) is 5.43 Å². The Morgan fingerprint density at radius 3 is 1.66 bits per heavy atom. The number of benzene rings is 3. The Morgan fingerprint density at radius 1 is 0.771 bits per heavy atom. The van der Waals surface area contributed by atoms with Crippen molar-refractivity contribution in [3.63, 3.8) is 0 Å². The van der Waals surface area contributed by atoms with Gasteiger partial charge in [-0.2, -0.15) is 18.6 Å². The molecule has 0 atom stereocenters. The van der Waals surface area contributed by atoms with Gasteiger partial charge in [-0.25, -0.2) is 5.43 Å². The van der Waals surface area contributed by atoms with E-state index in [4.69, 9.17) is 40.7 Å². The average molecular weight is 537 g/mol. The number of nitrogens with zero attached hydrogens (tertiary/aromatic N) is 2. The summed E-state index contributed by atoms with van der Waals surface area (Å²) in [7, 11) is -4.67. The molecule has 0 aliphatic heterocycles. The molecule has 0 saturated heterocycles. The summed E-state index contributed by atoms with van der Waals surface area (Å²) < 4.78 is 31.6. The Balaban J connectivity index is 0.000000784. The van der Waals surface area contributed by atoms with Crippen molar-refractivity contribution in [2.24, 2.45) is 10.2 Å². The fourth-order valence-electron chi connectivity index (χ4n) is 2.67. The normalized spacial score (nSPS) is 11.8. The van der Waals surface area contributed by atoms with E-state index >= 15 is 0 Å². The van der Waals surface area contributed by atoms with Gasteiger partial charge in [0.05, 0.1) is 17.1 Å². The Morgan fingerprint density at radius 2 is 1.20 bits per heavy atom. The quantitative estimate of drug-likeness (QED) is 0.190. The number of anilines is 1. The molecular formula is C23H22Cl2N4O5S. The molecule has 0 radical (unpaired) electrons. The predicted molar refractivity (Wildman–Crippen MR) is 139 cm³/mol. The van der Waals surface area contributed by atoms with Gasteiger partial charge in [-0.1, -0.05) is 59.6 Å². The van der Waals surface area contributed by atoms with Gasteiger partial charge in [-0.15, -0.1) is 0 Å². The van der Waals surface area contributed by atoms with Gasteiger partial charge in [-0.3, -0.25) is 19.3 Å². The molecule has 184 valence electrons. The SMILES string of the molecule is CC(=NNC(=O)c1ccc(NN=C(C)c2ccccc2Cl)cc1)c1ccccc1Cl.O=S(=O)(O)O. The topological polar surface area (TPSA) is 140 Å². The lowest BCUT2D eigenvalue weighted by Crippen LogP contribution is -2.19. The van der Waals surface area contributed by atoms with E-state index in [9.17, 15) is 4.79 Å². The highest BCUT2D eigenvalue weighted by Crippen LogP contribution is 2.17. The largest absolute Gasteiger partial charge is 0.394 e. The second-order valence-electron chi connectivity index (χ2n) is 6.93. The van der Waals surface area contributed by atoms with Crippen molar-refractivity contribution < 1.29 is 22.3 Å². The van der Waals surface area contributed by atoms with Crippen molar-refractivity contribution in [2.45, 2.75) is 13.8 Å². The summed E-state index contributed by atoms with van der Waals surface area (Å²) in [5, 5.41) is 9.71. The van der Waals surface area contributed by atoms with Crippen LogP contribution in [0.15, 0.2) is 83.0 Å². The lowest BCUT2D eigenvalue weighted by atomic mass is 10.1. The number of carbonyl (C=O) groups is 1. The first kappa shape index (κ1) is 28.0. The summed E-state index contributed by atoms with van der Waals surface area (Å²) in [6, 6.07) is 21.7. The zero-order valence-electron chi connectivity index (χ0n) is 18.6. The van der Waals surface area contributed by atoms with Gasteiger partial charge in [0.2, 0.25) is 0 Å². The highest BCUT2D eigenvalue weighted by Gasteiger charge is 2.07. The first-order chi connectivity index (χ1) is 16.5. The van der Waals surface area contributed by atoms with Crippen LogP contribution in [0.1, 0.15) is 35.3 Å². The van der Waals surface area contributed by atoms with Crippen LogP contribution in [-0.2, 0) is 10.4 Å². The predicted octanol–water partition coefficient (Wildman–Crippen LogP) is 5.33. The molecule has 4 N–H and O–H groups in total. The zero-order chi connectivity index (χ0) is 26.0. The van der Waals surface area contributed by atoms with Crippen molar-refractivity contribution in [1.29, 1.82) is 0 Å². The Kier molecular flexibility index (Phi) is 10.4. The molecule has 0 heterocycles. The molecule has 9 nitrogen and oxygen atoms in total. The summed E-state index contributed by atoms with van der Waals surface area (Å²) in [6.45, 7) is 3.66. The van der Waals surface area contributed by atoms with Crippen LogP contribution < -0.4 is 10.9 Å². The minimum atomic E-state index is -4.67. The molecule has 0 aliphatic carbocycles. The minimum Gasteiger partial charge on any atom is -0.278 e. The number of nitrogens with one attached hydrogen (secondary N) is 2. The number of rotatable bonds is 6. The van der Waals surface area contributed by atoms with Gasteiger partial charge in [0.15, 0.2) is 0 Å². The third-order valence-electron chi connectivity index (χ3n) is 4.35. The molecule has 3 aromatic rings. The molecule has 35 heavy (non-hydrogen) atoms. The number of hydrogen-bond donors (Lipinski definition) is 4. The van der Waals surface area contributed by atoms with Gasteiger partial charge in [0, 0.05) is 26.7 Å². The molecule has 0 aliphatic rings. The molecule has 3 rings (SSSR count). The van der Waals surface area contributed by atoms with E-state index in [1.165, 1.54) is 0 Å². The minimum absolute atomic E-state index is 0.316. The summed E-state index contributed by atoms with van der Waals surface area (Å²) in [6.07, 6.45) is 0. The van der Waals surface area contributed by atoms with Crippen LogP contribution in [0.25, 0.3) is 0 Å². The fourth-order valence-corrected chi connectivity index (χ4v) is 3.22. The van der Waals surface area contributed by atoms with Crippen molar-refractivity contribution in [2.75, 3.05) is 5.43 Å². The van der Waals surface area contributed by atoms with E-state index in [0.29, 0.717) is 21.3 Å². The molecule has 0 spiro atoms. The van der Waals surface area contributed by atoms with Gasteiger partial charge in [0.25, 0.3) is 5.91 Å². The van der Waals surface area contributed by atoms with Crippen LogP contribution in [0.5, 0.6) is 0 Å². The third-order valence-corrected chi connectivity index (χ3v) is 5.01. The Labute approximate surface area is 213 Å². The van der Waals surface area contributed by atoms with Crippen LogP contribution in [0.3, 0.4) is 0 Å². The maximum absolute atomic E-state index is 12.4. The Hall–Kier alpha value is -3.28. The molecule has 0 aromatic heterocycles. The molecule has 3 aromatic carbocycles. The number of amides is 1. The molecule has 0 saturated carbocycles. The van der Waals surface area contributed by atoms with Crippen LogP contribution in [0.2, 0.25) is 10.0 Å². The summed E-state index contributed by atoms with van der Waals surface area (Å²) >= 11 is 12.3. The van der Waals surface area contributed by atoms with E-state index in [0.717, 1.165) is 22.5 Å². The standard InChI is InChI=1S/C23H20Cl2N4O.H2O4S/c1-15(19-7-3-5-9-21(19)24)26-28-18-13-11-17(12-14-18)23(30)29-27-16(2)20-8-4-6-10-22(20)25;1-5(2,3)4/h3-14,28H,1-2H3,(H,29,30);(H2,1,2,3,4). The summed E-state index contributed by atoms with van der Waals surface area (Å²) in [4.78, 5) is 12.4. The van der Waals surface area contributed by atoms with E-state index in [-0.39, 0.29) is 5.91 Å². The number of hydrogen-bond acceptors (Lipinski definition) is 6. The van der Waals surface area contributed by atoms with Crippen LogP contribution in [-0.4, -0.2) is 34.9 Å². The second kappa shape index (κ2) is 13.0. The van der Waals surface area contributed by atoms with Gasteiger partial charge < -0.3 is 0 Å². The summed E-state index contributed by atoms with van der Waals surface area (Å²) in [5.74, 6) is -0.316. The number of halogens is 2. The molecule has 12 heteroatoms. The first-order valence-electron chi connectivity index (χ1n) is 9.90. The monoisotopic (exact) mass is 536 g/mol. The van der Waals surface area contributed by atoms with Crippen molar-refractivity contribution in [3.8, 4) is 0 Å². The number of carbonyl (C=O) groups excluding carboxylic acids is 1. The maximum atomic E-state index is 12.4. The smallest absolute Gasteiger partial charge is 0.278 e. The number of hydrazone groups is 2. The lowest BCUT2D eigenvalue weighted by Gasteiger charge is -2.07. The van der Waals surface area contributed by atoms with E-state index in [2.05, 4.69) is 21.1 Å². The molecular weight excluding hydrogens is 515 g/mol. The summed E-state index contributed by atoms with van der Waals surface area (Å²) in [5.41, 5.74) is 9.74. The lowest BCUT2D eigenvalue weighted by molar-refractivity contribution is 0.0955. The first-order valence-corrected chi connectivity index (χ1v) is 12.1. The highest BCUT2D eigenvalue weighted by molar-refractivity contribution is 7.79. The van der Waals surface area contributed by atoms with Crippen LogP contribution >= 0.6 is 23.2 Å². The van der Waals surface area contributed by atoms with Crippen LogP contribution in [0.4, 0.5) is 5.69 Å². The van der Waals surface area contributed by atoms with E-state index in [1.807, 2.05) is 49.4 Å². The van der Waals surface area contributed by atoms with Crippen LogP contribution in [0, 0.1) is 0 Å². The highest BCUT2D eigenvalue weighted by atomic mass is 35.5. The molecule has 0 fully saturated rings. The van der Waals surface area contributed by atoms with E-state index in [1.54, 1.807) is 37.3 Å². The van der Waals surface area contributed by atoms with Gasteiger partial charge >= 0.3 is 10.4 Å². The molecule has 0 bridgehead atoms. The second-order valence-corrected chi connectivity index (χ2v) is 8.64. The maximum Gasteiger partial charge on any atom is 0.394 e. The van der Waals surface area contributed by atoms with Crippen molar-refractivity contribution in [3.05, 3.63) is 99.5 Å². The van der Waals surface area contributed by atoms with E-state index < -0.39 is 10.4 Å². The van der Waals surface area contributed by atoms with Gasteiger partial charge in [0.1, 0.15) is 0 Å². The third kappa shape index (κ3) is 9.85. The van der Waals surface area contributed by atoms with Gasteiger partial charge in [-0.05, 0) is 50.2 Å². The Bertz CT molecular complexity index is 1340. The fraction of sp³-hybridized carbons (Fsp3) is 0.0870. The average Bonchev–Trinajstić information content (AvgIpc) is 2.80.